The second-order valence-electron chi connectivity index (χ2n) is 7.52. The van der Waals surface area contributed by atoms with Crippen LogP contribution >= 0.6 is 0 Å². The van der Waals surface area contributed by atoms with Crippen LogP contribution in [0.2, 0.25) is 0 Å². The van der Waals surface area contributed by atoms with E-state index in [0.717, 1.165) is 42.8 Å². The summed E-state index contributed by atoms with van der Waals surface area (Å²) >= 11 is -2.29. The largest absolute Gasteiger partial charge is 0.771 e. The van der Waals surface area contributed by atoms with E-state index in [1.807, 2.05) is 12.3 Å². The molecular formula is C20H19N6O2S-. The monoisotopic (exact) mass is 407 g/mol. The summed E-state index contributed by atoms with van der Waals surface area (Å²) in [4.78, 5) is 16.3. The molecule has 0 amide bonds. The third kappa shape index (κ3) is 3.09. The molecule has 2 bridgehead atoms. The molecule has 2 aliphatic rings. The van der Waals surface area contributed by atoms with Gasteiger partial charge in [0.05, 0.1) is 22.4 Å². The third-order valence-electron chi connectivity index (χ3n) is 5.95. The van der Waals surface area contributed by atoms with Gasteiger partial charge in [0.15, 0.2) is 0 Å². The maximum atomic E-state index is 12.2. The van der Waals surface area contributed by atoms with E-state index < -0.39 is 16.5 Å². The van der Waals surface area contributed by atoms with Crippen molar-refractivity contribution in [2.45, 2.75) is 30.3 Å². The Balaban J connectivity index is 1.45. The van der Waals surface area contributed by atoms with Crippen molar-refractivity contribution < 1.29 is 8.76 Å². The summed E-state index contributed by atoms with van der Waals surface area (Å²) in [5, 5.41) is 9.29. The highest BCUT2D eigenvalue weighted by molar-refractivity contribution is 7.79. The standard InChI is InChI=1S/C20H20N6O2S/c21-9-13-1-3-14(4-2-13)20(29(27)28)26-15-5-6-16(26)11-25(10-15)19-17-7-8-22-18(17)23-12-24-19/h1-4,7-8,12,15-16,20H,5-6,10-11H2,(H,27,28)(H,22,23,24)/p-1. The Morgan fingerprint density at radius 3 is 2.55 bits per heavy atom. The zero-order valence-electron chi connectivity index (χ0n) is 15.6. The molecule has 8 nitrogen and oxygen atoms in total. The van der Waals surface area contributed by atoms with Crippen LogP contribution in [-0.4, -0.2) is 53.8 Å². The van der Waals surface area contributed by atoms with E-state index in [1.54, 1.807) is 30.6 Å². The van der Waals surface area contributed by atoms with Gasteiger partial charge in [0.2, 0.25) is 0 Å². The number of fused-ring (bicyclic) bond motifs is 3. The lowest BCUT2D eigenvalue weighted by Crippen LogP contribution is -2.55. The van der Waals surface area contributed by atoms with Gasteiger partial charge in [-0.3, -0.25) is 9.11 Å². The van der Waals surface area contributed by atoms with Crippen molar-refractivity contribution in [2.75, 3.05) is 18.0 Å². The van der Waals surface area contributed by atoms with Crippen LogP contribution in [0.4, 0.5) is 5.82 Å². The SMILES string of the molecule is N#Cc1ccc(C(N2C3CCC2CN(c2ncnc4[nH]ccc24)C3)S(=O)[O-])cc1. The number of nitrogens with zero attached hydrogens (tertiary/aromatic N) is 5. The van der Waals surface area contributed by atoms with Gasteiger partial charge in [-0.15, -0.1) is 0 Å². The molecule has 2 aliphatic heterocycles. The van der Waals surface area contributed by atoms with Crippen molar-refractivity contribution in [3.63, 3.8) is 0 Å². The summed E-state index contributed by atoms with van der Waals surface area (Å²) < 4.78 is 24.4. The van der Waals surface area contributed by atoms with Gasteiger partial charge >= 0.3 is 0 Å². The number of rotatable bonds is 4. The van der Waals surface area contributed by atoms with Crippen LogP contribution in [0.15, 0.2) is 42.9 Å². The first-order valence-electron chi connectivity index (χ1n) is 9.54. The molecule has 5 rings (SSSR count). The van der Waals surface area contributed by atoms with E-state index in [0.29, 0.717) is 11.1 Å². The molecule has 2 fully saturated rings. The van der Waals surface area contributed by atoms with Crippen molar-refractivity contribution in [1.29, 1.82) is 5.26 Å². The molecule has 4 heterocycles. The fraction of sp³-hybridized carbons (Fsp3) is 0.350. The quantitative estimate of drug-likeness (QED) is 0.659. The number of H-pyrrole nitrogens is 1. The molecule has 0 spiro atoms. The Bertz CT molecular complexity index is 1090. The zero-order valence-corrected chi connectivity index (χ0v) is 16.4. The molecule has 0 saturated carbocycles. The Hall–Kier alpha value is -2.80. The summed E-state index contributed by atoms with van der Waals surface area (Å²) in [6.45, 7) is 1.44. The van der Waals surface area contributed by atoms with E-state index in [9.17, 15) is 8.76 Å². The van der Waals surface area contributed by atoms with E-state index in [-0.39, 0.29) is 12.1 Å². The number of benzene rings is 1. The van der Waals surface area contributed by atoms with Gasteiger partial charge in [-0.25, -0.2) is 9.97 Å². The Kier molecular flexibility index (Phi) is 4.54. The number of anilines is 1. The number of nitriles is 1. The summed E-state index contributed by atoms with van der Waals surface area (Å²) in [5.41, 5.74) is 2.04. The van der Waals surface area contributed by atoms with Crippen molar-refractivity contribution in [2.24, 2.45) is 0 Å². The molecule has 148 valence electrons. The van der Waals surface area contributed by atoms with Crippen molar-refractivity contribution in [1.82, 2.24) is 19.9 Å². The maximum absolute atomic E-state index is 12.2. The smallest absolute Gasteiger partial charge is 0.142 e. The lowest BCUT2D eigenvalue weighted by atomic mass is 10.1. The number of hydrogen-bond donors (Lipinski definition) is 1. The second-order valence-corrected chi connectivity index (χ2v) is 8.49. The molecule has 4 unspecified atom stereocenters. The summed E-state index contributed by atoms with van der Waals surface area (Å²) in [7, 11) is 0. The fourth-order valence-electron chi connectivity index (χ4n) is 4.71. The third-order valence-corrected chi connectivity index (χ3v) is 6.83. The second kappa shape index (κ2) is 7.22. The van der Waals surface area contributed by atoms with Crippen LogP contribution in [-0.2, 0) is 11.1 Å². The number of nitrogens with one attached hydrogen (secondary N) is 1. The van der Waals surface area contributed by atoms with E-state index >= 15 is 0 Å². The number of aromatic nitrogens is 3. The van der Waals surface area contributed by atoms with Crippen molar-refractivity contribution in [3.8, 4) is 6.07 Å². The van der Waals surface area contributed by atoms with Gasteiger partial charge in [-0.2, -0.15) is 5.26 Å². The van der Waals surface area contributed by atoms with Crippen molar-refractivity contribution in [3.05, 3.63) is 54.0 Å². The first kappa shape index (κ1) is 18.2. The molecule has 0 aliphatic carbocycles. The van der Waals surface area contributed by atoms with Crippen LogP contribution in [0.3, 0.4) is 0 Å². The van der Waals surface area contributed by atoms with Crippen LogP contribution < -0.4 is 4.90 Å². The molecule has 2 saturated heterocycles. The van der Waals surface area contributed by atoms with Gasteiger partial charge in [-0.05, 0) is 47.7 Å². The normalized spacial score (nSPS) is 23.8. The maximum Gasteiger partial charge on any atom is 0.142 e. The molecule has 3 aromatic rings. The lowest BCUT2D eigenvalue weighted by Gasteiger charge is -2.46. The molecule has 4 atom stereocenters. The Morgan fingerprint density at radius 1 is 1.17 bits per heavy atom. The van der Waals surface area contributed by atoms with Crippen LogP contribution in [0.1, 0.15) is 29.3 Å². The van der Waals surface area contributed by atoms with Crippen LogP contribution in [0.25, 0.3) is 11.0 Å². The average Bonchev–Trinajstić information content (AvgIpc) is 3.30. The van der Waals surface area contributed by atoms with Crippen LogP contribution in [0.5, 0.6) is 0 Å². The zero-order chi connectivity index (χ0) is 20.0. The fourth-order valence-corrected chi connectivity index (χ4v) is 5.63. The Labute approximate surface area is 170 Å². The highest BCUT2D eigenvalue weighted by atomic mass is 32.2. The van der Waals surface area contributed by atoms with Crippen LogP contribution in [0, 0.1) is 11.3 Å². The minimum absolute atomic E-state index is 0.122. The lowest BCUT2D eigenvalue weighted by molar-refractivity contribution is 0.147. The first-order chi connectivity index (χ1) is 14.2. The summed E-state index contributed by atoms with van der Waals surface area (Å²) in [6, 6.07) is 11.2. The average molecular weight is 407 g/mol. The molecular weight excluding hydrogens is 388 g/mol. The number of aromatic amines is 1. The molecule has 0 radical (unpaired) electrons. The minimum Gasteiger partial charge on any atom is -0.771 e. The highest BCUT2D eigenvalue weighted by Gasteiger charge is 2.44. The van der Waals surface area contributed by atoms with Gasteiger partial charge in [0.1, 0.15) is 17.8 Å². The van der Waals surface area contributed by atoms with Gasteiger partial charge in [0.25, 0.3) is 0 Å². The van der Waals surface area contributed by atoms with Crippen molar-refractivity contribution >= 4 is 27.9 Å². The first-order valence-corrected chi connectivity index (χ1v) is 10.7. The topological polar surface area (TPSA) is 112 Å². The molecule has 29 heavy (non-hydrogen) atoms. The molecule has 1 N–H and O–H groups in total. The Morgan fingerprint density at radius 2 is 1.90 bits per heavy atom. The summed E-state index contributed by atoms with van der Waals surface area (Å²) in [5.74, 6) is 0.894. The predicted octanol–water partition coefficient (Wildman–Crippen LogP) is 2.06. The van der Waals surface area contributed by atoms with E-state index in [4.69, 9.17) is 5.26 Å². The molecule has 9 heteroatoms. The predicted molar refractivity (Wildman–Crippen MR) is 108 cm³/mol. The van der Waals surface area contributed by atoms with Gasteiger partial charge in [0, 0.05) is 31.4 Å². The van der Waals surface area contributed by atoms with E-state index in [1.165, 1.54) is 0 Å². The van der Waals surface area contributed by atoms with Gasteiger partial charge in [-0.1, -0.05) is 12.1 Å². The molecule has 2 aromatic heterocycles. The van der Waals surface area contributed by atoms with Gasteiger partial charge < -0.3 is 14.4 Å². The minimum atomic E-state index is -2.29. The highest BCUT2D eigenvalue weighted by Crippen LogP contribution is 2.40. The number of hydrogen-bond acceptors (Lipinski definition) is 7. The number of piperazine rings is 1. The summed E-state index contributed by atoms with van der Waals surface area (Å²) in [6.07, 6.45) is 5.32. The molecule has 1 aromatic carbocycles. The van der Waals surface area contributed by atoms with E-state index in [2.05, 4.69) is 30.8 Å².